The van der Waals surface area contributed by atoms with Crippen molar-refractivity contribution in [1.82, 2.24) is 0 Å². The molecule has 2 amide bonds. The first-order valence-corrected chi connectivity index (χ1v) is 7.90. The number of carbonyl (C=O) groups excluding carboxylic acids is 2. The maximum Gasteiger partial charge on any atom is 0.244 e. The second kappa shape index (κ2) is 8.19. The zero-order valence-electron chi connectivity index (χ0n) is 14.9. The van der Waals surface area contributed by atoms with Crippen LogP contribution in [0.5, 0.6) is 5.75 Å². The Balaban J connectivity index is 2.07. The number of hydrogen-bond acceptors (Lipinski definition) is 4. The van der Waals surface area contributed by atoms with Crippen LogP contribution >= 0.6 is 0 Å². The second-order valence-electron chi connectivity index (χ2n) is 5.79. The Morgan fingerprint density at radius 1 is 0.960 bits per heavy atom. The minimum atomic E-state index is -0.267. The van der Waals surface area contributed by atoms with Gasteiger partial charge in [-0.3, -0.25) is 9.59 Å². The number of rotatable bonds is 6. The fourth-order valence-electron chi connectivity index (χ4n) is 2.33. The van der Waals surface area contributed by atoms with Crippen LogP contribution in [0, 0.1) is 0 Å². The van der Waals surface area contributed by atoms with Crippen LogP contribution in [-0.2, 0) is 9.59 Å². The highest BCUT2D eigenvalue weighted by atomic mass is 16.5. The first kappa shape index (κ1) is 18.3. The van der Waals surface area contributed by atoms with Crippen LogP contribution in [0.15, 0.2) is 48.5 Å². The van der Waals surface area contributed by atoms with Crippen LogP contribution in [0.1, 0.15) is 6.92 Å². The predicted molar refractivity (Wildman–Crippen MR) is 100 cm³/mol. The molecule has 0 saturated carbocycles. The second-order valence-corrected chi connectivity index (χ2v) is 5.79. The maximum absolute atomic E-state index is 12.3. The highest BCUT2D eigenvalue weighted by Crippen LogP contribution is 2.20. The molecule has 0 saturated heterocycles. The topological polar surface area (TPSA) is 61.9 Å². The molecule has 6 heteroatoms. The highest BCUT2D eigenvalue weighted by molar-refractivity contribution is 6.01. The first-order chi connectivity index (χ1) is 11.9. The van der Waals surface area contributed by atoms with E-state index in [4.69, 9.17) is 4.74 Å². The van der Waals surface area contributed by atoms with Crippen molar-refractivity contribution in [2.24, 2.45) is 0 Å². The fraction of sp³-hybridized carbons (Fsp3) is 0.263. The molecule has 0 bridgehead atoms. The Labute approximate surface area is 148 Å². The van der Waals surface area contributed by atoms with E-state index in [2.05, 4.69) is 5.32 Å². The van der Waals surface area contributed by atoms with Gasteiger partial charge in [0.05, 0.1) is 7.11 Å². The molecular formula is C19H23N3O3. The average molecular weight is 341 g/mol. The van der Waals surface area contributed by atoms with Crippen LogP contribution < -0.4 is 19.9 Å². The Morgan fingerprint density at radius 2 is 1.52 bits per heavy atom. The molecule has 132 valence electrons. The van der Waals surface area contributed by atoms with Gasteiger partial charge in [0.25, 0.3) is 0 Å². The SMILES string of the molecule is COc1ccc(NC(=O)CN(C(C)=O)c2ccc(N(C)C)cc2)cc1. The lowest BCUT2D eigenvalue weighted by Crippen LogP contribution is -2.36. The summed E-state index contributed by atoms with van der Waals surface area (Å²) in [5.41, 5.74) is 2.36. The van der Waals surface area contributed by atoms with Gasteiger partial charge in [0.2, 0.25) is 11.8 Å². The van der Waals surface area contributed by atoms with Crippen molar-refractivity contribution in [2.45, 2.75) is 6.92 Å². The van der Waals surface area contributed by atoms with E-state index in [-0.39, 0.29) is 18.4 Å². The van der Waals surface area contributed by atoms with Gasteiger partial charge in [-0.1, -0.05) is 0 Å². The summed E-state index contributed by atoms with van der Waals surface area (Å²) in [6, 6.07) is 14.5. The third-order valence-electron chi connectivity index (χ3n) is 3.73. The summed E-state index contributed by atoms with van der Waals surface area (Å²) in [5, 5.41) is 2.78. The number of ether oxygens (including phenoxy) is 1. The van der Waals surface area contributed by atoms with E-state index in [0.29, 0.717) is 17.1 Å². The molecule has 0 spiro atoms. The van der Waals surface area contributed by atoms with Crippen molar-refractivity contribution in [3.63, 3.8) is 0 Å². The summed E-state index contributed by atoms with van der Waals surface area (Å²) in [7, 11) is 5.47. The van der Waals surface area contributed by atoms with Gasteiger partial charge in [0.1, 0.15) is 12.3 Å². The summed E-state index contributed by atoms with van der Waals surface area (Å²) in [6.07, 6.45) is 0. The van der Waals surface area contributed by atoms with E-state index in [1.807, 2.05) is 43.3 Å². The van der Waals surface area contributed by atoms with E-state index in [0.717, 1.165) is 5.69 Å². The predicted octanol–water partition coefficient (Wildman–Crippen LogP) is 2.75. The Bertz CT molecular complexity index is 725. The van der Waals surface area contributed by atoms with E-state index in [1.165, 1.54) is 11.8 Å². The van der Waals surface area contributed by atoms with Crippen LogP contribution in [0.4, 0.5) is 17.1 Å². The molecule has 0 radical (unpaired) electrons. The molecule has 25 heavy (non-hydrogen) atoms. The molecule has 0 fully saturated rings. The molecule has 2 aromatic carbocycles. The summed E-state index contributed by atoms with van der Waals surface area (Å²) in [5.74, 6) is 0.254. The largest absolute Gasteiger partial charge is 0.497 e. The molecular weight excluding hydrogens is 318 g/mol. The van der Waals surface area contributed by atoms with Crippen molar-refractivity contribution in [3.8, 4) is 5.75 Å². The fourth-order valence-corrected chi connectivity index (χ4v) is 2.33. The van der Waals surface area contributed by atoms with Gasteiger partial charge >= 0.3 is 0 Å². The molecule has 6 nitrogen and oxygen atoms in total. The number of nitrogens with zero attached hydrogens (tertiary/aromatic N) is 2. The lowest BCUT2D eigenvalue weighted by atomic mass is 10.2. The highest BCUT2D eigenvalue weighted by Gasteiger charge is 2.16. The molecule has 2 rings (SSSR count). The van der Waals surface area contributed by atoms with Crippen LogP contribution in [0.3, 0.4) is 0 Å². The van der Waals surface area contributed by atoms with Crippen molar-refractivity contribution in [3.05, 3.63) is 48.5 Å². The monoisotopic (exact) mass is 341 g/mol. The lowest BCUT2D eigenvalue weighted by Gasteiger charge is -2.22. The van der Waals surface area contributed by atoms with Gasteiger partial charge in [0.15, 0.2) is 0 Å². The Kier molecular flexibility index (Phi) is 6.00. The van der Waals surface area contributed by atoms with Gasteiger partial charge in [-0.05, 0) is 48.5 Å². The van der Waals surface area contributed by atoms with Gasteiger partial charge < -0.3 is 19.9 Å². The summed E-state index contributed by atoms with van der Waals surface area (Å²) in [4.78, 5) is 27.7. The van der Waals surface area contributed by atoms with E-state index in [1.54, 1.807) is 31.4 Å². The molecule has 0 aromatic heterocycles. The first-order valence-electron chi connectivity index (χ1n) is 7.90. The number of benzene rings is 2. The summed E-state index contributed by atoms with van der Waals surface area (Å²) < 4.78 is 5.09. The number of anilines is 3. The zero-order chi connectivity index (χ0) is 18.4. The molecule has 2 aromatic rings. The van der Waals surface area contributed by atoms with Crippen molar-refractivity contribution in [1.29, 1.82) is 0 Å². The molecule has 0 aliphatic carbocycles. The number of nitrogens with one attached hydrogen (secondary N) is 1. The Morgan fingerprint density at radius 3 is 2.00 bits per heavy atom. The van der Waals surface area contributed by atoms with Gasteiger partial charge in [-0.25, -0.2) is 0 Å². The Hall–Kier alpha value is -3.02. The van der Waals surface area contributed by atoms with Gasteiger partial charge in [-0.15, -0.1) is 0 Å². The molecule has 0 aliphatic rings. The van der Waals surface area contributed by atoms with E-state index in [9.17, 15) is 9.59 Å². The normalized spacial score (nSPS) is 10.1. The molecule has 0 atom stereocenters. The van der Waals surface area contributed by atoms with Gasteiger partial charge in [-0.2, -0.15) is 0 Å². The summed E-state index contributed by atoms with van der Waals surface area (Å²) >= 11 is 0. The number of amides is 2. The minimum absolute atomic E-state index is 0.0529. The van der Waals surface area contributed by atoms with Crippen LogP contribution in [0.2, 0.25) is 0 Å². The quantitative estimate of drug-likeness (QED) is 0.878. The lowest BCUT2D eigenvalue weighted by molar-refractivity contribution is -0.120. The average Bonchev–Trinajstić information content (AvgIpc) is 2.60. The van der Waals surface area contributed by atoms with Crippen LogP contribution in [0.25, 0.3) is 0 Å². The van der Waals surface area contributed by atoms with Crippen molar-refractivity contribution in [2.75, 3.05) is 42.9 Å². The standard InChI is InChI=1S/C19H23N3O3/c1-14(23)22(17-9-7-16(8-10-17)21(2)3)13-19(24)20-15-5-11-18(25-4)12-6-15/h5-12H,13H2,1-4H3,(H,20,24). The number of carbonyl (C=O) groups is 2. The van der Waals surface area contributed by atoms with Crippen molar-refractivity contribution < 1.29 is 14.3 Å². The molecule has 0 unspecified atom stereocenters. The zero-order valence-corrected chi connectivity index (χ0v) is 14.9. The third kappa shape index (κ3) is 4.97. The molecule has 0 aliphatic heterocycles. The van der Waals surface area contributed by atoms with Crippen LogP contribution in [-0.4, -0.2) is 39.6 Å². The third-order valence-corrected chi connectivity index (χ3v) is 3.73. The molecule has 1 N–H and O–H groups in total. The van der Waals surface area contributed by atoms with Gasteiger partial charge in [0, 0.05) is 38.1 Å². The maximum atomic E-state index is 12.3. The minimum Gasteiger partial charge on any atom is -0.497 e. The smallest absolute Gasteiger partial charge is 0.244 e. The van der Waals surface area contributed by atoms with E-state index >= 15 is 0 Å². The summed E-state index contributed by atoms with van der Waals surface area (Å²) in [6.45, 7) is 1.39. The van der Waals surface area contributed by atoms with E-state index < -0.39 is 0 Å². The molecule has 0 heterocycles. The number of methoxy groups -OCH3 is 1. The van der Waals surface area contributed by atoms with Crippen molar-refractivity contribution >= 4 is 28.9 Å². The number of hydrogen-bond donors (Lipinski definition) is 1.